The van der Waals surface area contributed by atoms with E-state index in [1.54, 1.807) is 0 Å². The van der Waals surface area contributed by atoms with Crippen molar-refractivity contribution in [2.24, 2.45) is 5.11 Å². The van der Waals surface area contributed by atoms with Gasteiger partial charge in [0.25, 0.3) is 0 Å². The molecular formula is C10H17N6O13P3. The molecule has 1 aliphatic rings. The quantitative estimate of drug-likeness (QED) is 0.103. The Balaban J connectivity index is 2.23. The second kappa shape index (κ2) is 9.29. The summed E-state index contributed by atoms with van der Waals surface area (Å²) in [4.78, 5) is 53.9. The molecule has 2 rings (SSSR count). The highest BCUT2D eigenvalue weighted by molar-refractivity contribution is 7.66. The van der Waals surface area contributed by atoms with Crippen molar-refractivity contribution >= 4 is 29.3 Å². The van der Waals surface area contributed by atoms with E-state index in [2.05, 4.69) is 28.2 Å². The van der Waals surface area contributed by atoms with Crippen LogP contribution in [0.2, 0.25) is 0 Å². The van der Waals surface area contributed by atoms with Crippen molar-refractivity contribution in [1.82, 2.24) is 9.55 Å². The Morgan fingerprint density at radius 1 is 1.31 bits per heavy atom. The smallest absolute Gasteiger partial charge is 0.389 e. The van der Waals surface area contributed by atoms with Gasteiger partial charge in [-0.05, 0) is 18.5 Å². The summed E-state index contributed by atoms with van der Waals surface area (Å²) in [5.74, 6) is -0.139. The molecule has 2 unspecified atom stereocenters. The normalized spacial score (nSPS) is 29.6. The van der Waals surface area contributed by atoms with Gasteiger partial charge < -0.3 is 35.2 Å². The van der Waals surface area contributed by atoms with Gasteiger partial charge in [-0.3, -0.25) is 9.09 Å². The molecule has 0 saturated carbocycles. The average Bonchev–Trinajstić information content (AvgIpc) is 2.82. The second-order valence-corrected chi connectivity index (χ2v) is 10.7. The summed E-state index contributed by atoms with van der Waals surface area (Å²) in [6.45, 7) is 0.144. The molecule has 7 N–H and O–H groups in total. The molecule has 0 radical (unpaired) electrons. The van der Waals surface area contributed by atoms with Gasteiger partial charge in [0.05, 0.1) is 12.7 Å². The maximum absolute atomic E-state index is 12.1. The van der Waals surface area contributed by atoms with Gasteiger partial charge in [-0.2, -0.15) is 13.6 Å². The molecule has 32 heavy (non-hydrogen) atoms. The summed E-state index contributed by atoms with van der Waals surface area (Å²) < 4.78 is 51.6. The van der Waals surface area contributed by atoms with Crippen LogP contribution < -0.4 is 11.4 Å². The zero-order chi connectivity index (χ0) is 24.5. The molecule has 1 aromatic heterocycles. The van der Waals surface area contributed by atoms with Crippen LogP contribution in [0.25, 0.3) is 10.4 Å². The van der Waals surface area contributed by atoms with E-state index in [4.69, 9.17) is 30.7 Å². The Kier molecular flexibility index (Phi) is 7.71. The SMILES string of the molecule is C[C@@]1(N=[N+]=[N-])[C@H](O)[C@@H](COP(=O)(O)OP(=O)(O)OP(=O)(O)O)O[C@H]1n1ccc(N)nc1=O. The number of phosphoric ester groups is 1. The van der Waals surface area contributed by atoms with Crippen LogP contribution in [-0.2, 0) is 31.6 Å². The van der Waals surface area contributed by atoms with E-state index < -0.39 is 59.7 Å². The molecule has 19 nitrogen and oxygen atoms in total. The molecule has 1 aliphatic heterocycles. The Hall–Kier alpha value is -1.68. The molecule has 0 spiro atoms. The van der Waals surface area contributed by atoms with Crippen molar-refractivity contribution in [3.8, 4) is 0 Å². The number of aliphatic hydroxyl groups is 1. The van der Waals surface area contributed by atoms with Crippen LogP contribution >= 0.6 is 23.5 Å². The third-order valence-corrected chi connectivity index (χ3v) is 7.74. The van der Waals surface area contributed by atoms with Gasteiger partial charge in [0.2, 0.25) is 0 Å². The minimum atomic E-state index is -5.76. The fourth-order valence-electron chi connectivity index (χ4n) is 2.66. The summed E-state index contributed by atoms with van der Waals surface area (Å²) in [6, 6.07) is 1.20. The first-order valence-corrected chi connectivity index (χ1v) is 12.5. The fourth-order valence-corrected chi connectivity index (χ4v) is 5.69. The Morgan fingerprint density at radius 3 is 2.47 bits per heavy atom. The third-order valence-electron chi connectivity index (χ3n) is 3.94. The Labute approximate surface area is 177 Å². The predicted molar refractivity (Wildman–Crippen MR) is 100 cm³/mol. The van der Waals surface area contributed by atoms with Crippen LogP contribution in [0, 0.1) is 0 Å². The Bertz CT molecular complexity index is 1120. The number of aliphatic hydroxyl groups excluding tert-OH is 1. The molecule has 0 aliphatic carbocycles. The minimum Gasteiger partial charge on any atom is -0.389 e. The largest absolute Gasteiger partial charge is 0.490 e. The molecule has 0 bridgehead atoms. The highest BCUT2D eigenvalue weighted by Crippen LogP contribution is 2.66. The van der Waals surface area contributed by atoms with Crippen molar-refractivity contribution in [2.45, 2.75) is 30.9 Å². The third kappa shape index (κ3) is 6.43. The molecule has 1 fully saturated rings. The first-order valence-electron chi connectivity index (χ1n) is 8.02. The highest BCUT2D eigenvalue weighted by Gasteiger charge is 2.55. The number of nitrogen functional groups attached to an aromatic ring is 1. The molecule has 180 valence electrons. The van der Waals surface area contributed by atoms with Gasteiger partial charge in [0.15, 0.2) is 6.23 Å². The number of nitrogens with two attached hydrogens (primary N) is 1. The topological polar surface area (TPSA) is 299 Å². The zero-order valence-electron chi connectivity index (χ0n) is 15.8. The van der Waals surface area contributed by atoms with Crippen LogP contribution in [-0.4, -0.2) is 58.6 Å². The van der Waals surface area contributed by atoms with Crippen molar-refractivity contribution in [3.05, 3.63) is 33.2 Å². The van der Waals surface area contributed by atoms with Gasteiger partial charge in [-0.1, -0.05) is 5.11 Å². The summed E-state index contributed by atoms with van der Waals surface area (Å²) >= 11 is 0. The zero-order valence-corrected chi connectivity index (χ0v) is 18.4. The van der Waals surface area contributed by atoms with E-state index >= 15 is 0 Å². The van der Waals surface area contributed by atoms with E-state index in [0.29, 0.717) is 0 Å². The maximum Gasteiger partial charge on any atom is 0.490 e. The molecule has 1 saturated heterocycles. The van der Waals surface area contributed by atoms with Gasteiger partial charge >= 0.3 is 29.2 Å². The fraction of sp³-hybridized carbons (Fsp3) is 0.600. The summed E-state index contributed by atoms with van der Waals surface area (Å²) in [6.07, 6.45) is -3.72. The van der Waals surface area contributed by atoms with E-state index in [0.717, 1.165) is 10.8 Å². The first-order chi connectivity index (χ1) is 14.5. The van der Waals surface area contributed by atoms with Gasteiger partial charge in [-0.25, -0.2) is 18.5 Å². The van der Waals surface area contributed by atoms with Gasteiger partial charge in [-0.15, -0.1) is 0 Å². The first kappa shape index (κ1) is 26.6. The van der Waals surface area contributed by atoms with E-state index in [1.165, 1.54) is 13.0 Å². The number of hydrogen-bond donors (Lipinski definition) is 6. The number of hydrogen-bond acceptors (Lipinski definition) is 12. The monoisotopic (exact) mass is 522 g/mol. The summed E-state index contributed by atoms with van der Waals surface area (Å²) in [5.41, 5.74) is 11.4. The number of aromatic nitrogens is 2. The highest BCUT2D eigenvalue weighted by atomic mass is 31.3. The van der Waals surface area contributed by atoms with Crippen molar-refractivity contribution in [2.75, 3.05) is 12.3 Å². The lowest BCUT2D eigenvalue weighted by Gasteiger charge is -2.28. The molecule has 0 aromatic carbocycles. The van der Waals surface area contributed by atoms with Crippen LogP contribution in [0.3, 0.4) is 0 Å². The molecule has 0 amide bonds. The maximum atomic E-state index is 12.1. The number of rotatable bonds is 9. The lowest BCUT2D eigenvalue weighted by molar-refractivity contribution is -0.0477. The van der Waals surface area contributed by atoms with Crippen LogP contribution in [0.15, 0.2) is 22.2 Å². The minimum absolute atomic E-state index is 0.139. The standard InChI is InChI=1S/C10H17N6O13P3/c1-10(14-15-12)7(17)5(27-8(10)16-3-2-6(11)13-9(16)18)4-26-31(22,23)29-32(24,25)28-30(19,20)21/h2-3,5,7-8,17H,4H2,1H3,(H,22,23)(H,24,25)(H2,11,13,18)(H2,19,20,21)/t5-,7-,8-,10-/m1/s1. The van der Waals surface area contributed by atoms with Gasteiger partial charge in [0, 0.05) is 11.1 Å². The van der Waals surface area contributed by atoms with Crippen LogP contribution in [0.1, 0.15) is 13.2 Å². The average molecular weight is 522 g/mol. The Morgan fingerprint density at radius 2 is 1.94 bits per heavy atom. The molecule has 1 aromatic rings. The summed E-state index contributed by atoms with van der Waals surface area (Å²) in [7, 11) is -16.9. The van der Waals surface area contributed by atoms with E-state index in [-0.39, 0.29) is 5.82 Å². The van der Waals surface area contributed by atoms with E-state index in [1.807, 2.05) is 0 Å². The molecule has 2 heterocycles. The van der Waals surface area contributed by atoms with Crippen molar-refractivity contribution in [1.29, 1.82) is 0 Å². The van der Waals surface area contributed by atoms with E-state index in [9.17, 15) is 28.5 Å². The lowest BCUT2D eigenvalue weighted by atomic mass is 9.93. The van der Waals surface area contributed by atoms with Crippen LogP contribution in [0.5, 0.6) is 0 Å². The second-order valence-electron chi connectivity index (χ2n) is 6.32. The number of azide groups is 1. The molecule has 6 atom stereocenters. The number of nitrogens with zero attached hydrogens (tertiary/aromatic N) is 5. The number of ether oxygens (including phenoxy) is 1. The summed E-state index contributed by atoms with van der Waals surface area (Å²) in [5, 5.41) is 14.0. The number of anilines is 1. The molecular weight excluding hydrogens is 505 g/mol. The lowest BCUT2D eigenvalue weighted by Crippen LogP contribution is -2.44. The van der Waals surface area contributed by atoms with Gasteiger partial charge in [0.1, 0.15) is 17.5 Å². The predicted octanol–water partition coefficient (Wildman–Crippen LogP) is -0.504. The van der Waals surface area contributed by atoms with Crippen LogP contribution in [0.4, 0.5) is 5.82 Å². The van der Waals surface area contributed by atoms with Crippen molar-refractivity contribution in [3.63, 3.8) is 0 Å². The molecule has 22 heteroatoms. The number of phosphoric acid groups is 3. The van der Waals surface area contributed by atoms with Crippen molar-refractivity contribution < 1.29 is 56.3 Å².